The second kappa shape index (κ2) is 10.3. The Labute approximate surface area is 174 Å². The molecule has 2 N–H and O–H groups in total. The summed E-state index contributed by atoms with van der Waals surface area (Å²) in [5, 5.41) is 5.12. The van der Waals surface area contributed by atoms with Crippen LogP contribution in [0.4, 0.5) is 26.3 Å². The monoisotopic (exact) mass is 446 g/mol. The number of carbonyl (C=O) groups is 2. The average molecular weight is 446 g/mol. The molecule has 0 bridgehead atoms. The number of benzene rings is 2. The minimum Gasteiger partial charge on any atom is -0.352 e. The van der Waals surface area contributed by atoms with Crippen molar-refractivity contribution in [1.82, 2.24) is 10.6 Å². The van der Waals surface area contributed by atoms with Gasteiger partial charge in [0, 0.05) is 25.9 Å². The summed E-state index contributed by atoms with van der Waals surface area (Å²) in [4.78, 5) is 23.6. The summed E-state index contributed by atoms with van der Waals surface area (Å²) in [5.41, 5.74) is -0.527. The van der Waals surface area contributed by atoms with Gasteiger partial charge in [-0.3, -0.25) is 9.59 Å². The first kappa shape index (κ1) is 24.2. The first-order chi connectivity index (χ1) is 14.4. The molecule has 2 amide bonds. The molecule has 0 saturated carbocycles. The van der Waals surface area contributed by atoms with E-state index in [2.05, 4.69) is 10.6 Å². The summed E-state index contributed by atoms with van der Waals surface area (Å²) in [6.45, 7) is 0.133. The Hall–Kier alpha value is -3.04. The molecule has 2 aromatic rings. The molecule has 2 rings (SSSR count). The van der Waals surface area contributed by atoms with Gasteiger partial charge in [0.05, 0.1) is 11.1 Å². The summed E-state index contributed by atoms with van der Waals surface area (Å²) in [5.74, 6) is -0.703. The standard InChI is InChI=1S/C21H20F6N2O2/c22-20(23,24)16-8-4-14(5-9-16)12-28-18(30)2-1-3-19(31)29-13-15-6-10-17(11-7-15)21(25,26)27/h4-11H,1-3,12-13H2,(H,28,30)(H,29,31). The molecule has 0 radical (unpaired) electrons. The van der Waals surface area contributed by atoms with Crippen LogP contribution >= 0.6 is 0 Å². The quantitative estimate of drug-likeness (QED) is 0.571. The van der Waals surface area contributed by atoms with Crippen molar-refractivity contribution in [3.63, 3.8) is 0 Å². The molecule has 0 aliphatic rings. The highest BCUT2D eigenvalue weighted by Crippen LogP contribution is 2.29. The molecule has 168 valence electrons. The van der Waals surface area contributed by atoms with Crippen molar-refractivity contribution in [3.05, 3.63) is 70.8 Å². The van der Waals surface area contributed by atoms with Gasteiger partial charge >= 0.3 is 12.4 Å². The maximum absolute atomic E-state index is 12.5. The van der Waals surface area contributed by atoms with Crippen molar-refractivity contribution in [1.29, 1.82) is 0 Å². The summed E-state index contributed by atoms with van der Waals surface area (Å²) in [7, 11) is 0. The average Bonchev–Trinajstić information content (AvgIpc) is 2.70. The van der Waals surface area contributed by atoms with Gasteiger partial charge < -0.3 is 10.6 Å². The molecule has 4 nitrogen and oxygen atoms in total. The number of nitrogens with one attached hydrogen (secondary N) is 2. The normalized spacial score (nSPS) is 11.8. The number of hydrogen-bond donors (Lipinski definition) is 2. The Balaban J connectivity index is 1.65. The number of hydrogen-bond acceptors (Lipinski definition) is 2. The molecule has 0 heterocycles. The van der Waals surface area contributed by atoms with Crippen LogP contribution in [0, 0.1) is 0 Å². The van der Waals surface area contributed by atoms with Crippen LogP contribution in [-0.4, -0.2) is 11.8 Å². The summed E-state index contributed by atoms with van der Waals surface area (Å²) < 4.78 is 75.0. The van der Waals surface area contributed by atoms with E-state index in [0.29, 0.717) is 11.1 Å². The molecule has 0 atom stereocenters. The fourth-order valence-corrected chi connectivity index (χ4v) is 2.61. The SMILES string of the molecule is O=C(CCCC(=O)NCc1ccc(C(F)(F)F)cc1)NCc1ccc(C(F)(F)F)cc1. The Morgan fingerprint density at radius 1 is 0.613 bits per heavy atom. The molecule has 0 unspecified atom stereocenters. The van der Waals surface area contributed by atoms with E-state index in [1.54, 1.807) is 0 Å². The number of amides is 2. The van der Waals surface area contributed by atoms with E-state index in [1.807, 2.05) is 0 Å². The molecule has 2 aromatic carbocycles. The smallest absolute Gasteiger partial charge is 0.352 e. The third-order valence-electron chi connectivity index (χ3n) is 4.35. The van der Waals surface area contributed by atoms with E-state index in [9.17, 15) is 35.9 Å². The predicted octanol–water partition coefficient (Wildman–Crippen LogP) is 4.83. The molecule has 31 heavy (non-hydrogen) atoms. The second-order valence-corrected chi connectivity index (χ2v) is 6.80. The van der Waals surface area contributed by atoms with Crippen molar-refractivity contribution in [2.45, 2.75) is 44.7 Å². The van der Waals surface area contributed by atoms with Crippen molar-refractivity contribution in [2.75, 3.05) is 0 Å². The molecule has 10 heteroatoms. The topological polar surface area (TPSA) is 58.2 Å². The van der Waals surface area contributed by atoms with Gasteiger partial charge in [0.15, 0.2) is 0 Å². The zero-order valence-electron chi connectivity index (χ0n) is 16.2. The molecule has 0 aliphatic carbocycles. The Morgan fingerprint density at radius 2 is 0.935 bits per heavy atom. The zero-order valence-corrected chi connectivity index (χ0v) is 16.2. The van der Waals surface area contributed by atoms with Gasteiger partial charge in [-0.05, 0) is 41.8 Å². The summed E-state index contributed by atoms with van der Waals surface area (Å²) in [6.07, 6.45) is -8.50. The van der Waals surface area contributed by atoms with E-state index in [1.165, 1.54) is 24.3 Å². The van der Waals surface area contributed by atoms with Gasteiger partial charge in [-0.25, -0.2) is 0 Å². The lowest BCUT2D eigenvalue weighted by Crippen LogP contribution is -2.25. The third-order valence-corrected chi connectivity index (χ3v) is 4.35. The first-order valence-corrected chi connectivity index (χ1v) is 9.31. The second-order valence-electron chi connectivity index (χ2n) is 6.80. The van der Waals surface area contributed by atoms with Crippen molar-refractivity contribution in [2.24, 2.45) is 0 Å². The lowest BCUT2D eigenvalue weighted by atomic mass is 10.1. The molecular formula is C21H20F6N2O2. The van der Waals surface area contributed by atoms with Crippen LogP contribution in [0.5, 0.6) is 0 Å². The number of rotatable bonds is 8. The number of halogens is 6. The predicted molar refractivity (Wildman–Crippen MR) is 100 cm³/mol. The van der Waals surface area contributed by atoms with Crippen LogP contribution in [0.25, 0.3) is 0 Å². The molecule has 0 saturated heterocycles. The van der Waals surface area contributed by atoms with Crippen molar-refractivity contribution < 1.29 is 35.9 Å². The highest BCUT2D eigenvalue weighted by atomic mass is 19.4. The van der Waals surface area contributed by atoms with Crippen LogP contribution in [0.15, 0.2) is 48.5 Å². The van der Waals surface area contributed by atoms with Crippen LogP contribution in [0.1, 0.15) is 41.5 Å². The Bertz CT molecular complexity index is 801. The number of alkyl halides is 6. The lowest BCUT2D eigenvalue weighted by molar-refractivity contribution is -0.138. The van der Waals surface area contributed by atoms with E-state index >= 15 is 0 Å². The van der Waals surface area contributed by atoms with Gasteiger partial charge in [-0.2, -0.15) is 26.3 Å². The van der Waals surface area contributed by atoms with E-state index in [-0.39, 0.29) is 44.2 Å². The Morgan fingerprint density at radius 3 is 1.23 bits per heavy atom. The lowest BCUT2D eigenvalue weighted by Gasteiger charge is -2.09. The first-order valence-electron chi connectivity index (χ1n) is 9.31. The van der Waals surface area contributed by atoms with Crippen molar-refractivity contribution in [3.8, 4) is 0 Å². The molecule has 0 spiro atoms. The van der Waals surface area contributed by atoms with Gasteiger partial charge in [0.1, 0.15) is 0 Å². The molecule has 0 aromatic heterocycles. The maximum atomic E-state index is 12.5. The summed E-state index contributed by atoms with van der Waals surface area (Å²) in [6, 6.07) is 8.83. The highest BCUT2D eigenvalue weighted by molar-refractivity contribution is 5.78. The van der Waals surface area contributed by atoms with Gasteiger partial charge in [-0.1, -0.05) is 24.3 Å². The molecule has 0 aliphatic heterocycles. The molecule has 0 fully saturated rings. The van der Waals surface area contributed by atoms with Gasteiger partial charge in [0.2, 0.25) is 11.8 Å². The van der Waals surface area contributed by atoms with Gasteiger partial charge in [0.25, 0.3) is 0 Å². The number of carbonyl (C=O) groups excluding carboxylic acids is 2. The van der Waals surface area contributed by atoms with E-state index < -0.39 is 23.5 Å². The van der Waals surface area contributed by atoms with Crippen molar-refractivity contribution >= 4 is 11.8 Å². The van der Waals surface area contributed by atoms with Crippen LogP contribution in [-0.2, 0) is 35.0 Å². The molecular weight excluding hydrogens is 426 g/mol. The van der Waals surface area contributed by atoms with Crippen LogP contribution in [0.2, 0.25) is 0 Å². The van der Waals surface area contributed by atoms with Crippen LogP contribution < -0.4 is 10.6 Å². The van der Waals surface area contributed by atoms with E-state index in [0.717, 1.165) is 24.3 Å². The fraction of sp³-hybridized carbons (Fsp3) is 0.333. The van der Waals surface area contributed by atoms with E-state index in [4.69, 9.17) is 0 Å². The summed E-state index contributed by atoms with van der Waals surface area (Å²) >= 11 is 0. The maximum Gasteiger partial charge on any atom is 0.416 e. The largest absolute Gasteiger partial charge is 0.416 e. The van der Waals surface area contributed by atoms with Gasteiger partial charge in [-0.15, -0.1) is 0 Å². The van der Waals surface area contributed by atoms with Crippen LogP contribution in [0.3, 0.4) is 0 Å². The minimum absolute atomic E-state index is 0.0499. The highest BCUT2D eigenvalue weighted by Gasteiger charge is 2.30. The zero-order chi connectivity index (χ0) is 23.1. The Kier molecular flexibility index (Phi) is 8.07. The minimum atomic E-state index is -4.42. The third kappa shape index (κ3) is 8.31. The fourth-order valence-electron chi connectivity index (χ4n) is 2.61.